The quantitative estimate of drug-likeness (QED) is 0.555. The number of nitrogens with two attached hydrogens (primary N) is 1. The van der Waals surface area contributed by atoms with Crippen LogP contribution in [0.15, 0.2) is 35.2 Å². The largest absolute Gasteiger partial charge is 1.00 e. The van der Waals surface area contributed by atoms with Crippen LogP contribution in [0.3, 0.4) is 0 Å². The fourth-order valence-corrected chi connectivity index (χ4v) is 2.86. The smallest absolute Gasteiger partial charge is 1.00 e. The molecule has 0 bridgehead atoms. The second-order valence-corrected chi connectivity index (χ2v) is 5.53. The third-order valence-corrected chi connectivity index (χ3v) is 3.74. The fraction of sp³-hybridized carbons (Fsp3) is 0. The number of carboxylic acids is 2. The third-order valence-electron chi connectivity index (χ3n) is 2.73. The Balaban J connectivity index is 0.00000220. The van der Waals surface area contributed by atoms with Gasteiger partial charge in [-0.1, -0.05) is 12.1 Å². The van der Waals surface area contributed by atoms with E-state index in [1.165, 1.54) is 24.3 Å². The van der Waals surface area contributed by atoms with Gasteiger partial charge in [0.2, 0.25) is 10.0 Å². The molecule has 21 heavy (non-hydrogen) atoms. The second-order valence-electron chi connectivity index (χ2n) is 4.03. The monoisotopic (exact) mass is 335 g/mol. The molecule has 0 aliphatic rings. The van der Waals surface area contributed by atoms with Crippen LogP contribution in [0.25, 0.3) is 10.8 Å². The van der Waals surface area contributed by atoms with E-state index in [1.54, 1.807) is 0 Å². The maximum absolute atomic E-state index is 11.6. The Morgan fingerprint density at radius 2 is 1.67 bits per heavy atom. The summed E-state index contributed by atoms with van der Waals surface area (Å²) in [6.45, 7) is 0. The van der Waals surface area contributed by atoms with Crippen molar-refractivity contribution < 1.29 is 81.0 Å². The summed E-state index contributed by atoms with van der Waals surface area (Å²) < 4.78 is 23.2. The van der Waals surface area contributed by atoms with Crippen LogP contribution < -0.4 is 56.5 Å². The molecule has 2 aromatic carbocycles. The van der Waals surface area contributed by atoms with Gasteiger partial charge in [-0.05, 0) is 23.6 Å². The van der Waals surface area contributed by atoms with Crippen molar-refractivity contribution in [1.82, 2.24) is 0 Å². The maximum atomic E-state index is 11.6. The number of benzene rings is 2. The van der Waals surface area contributed by atoms with Crippen molar-refractivity contribution in [3.8, 4) is 0 Å². The average Bonchev–Trinajstić information content (AvgIpc) is 2.35. The number of carboxylic acid groups (broad SMARTS) is 2. The maximum Gasteiger partial charge on any atom is 1.00 e. The summed E-state index contributed by atoms with van der Waals surface area (Å²) in [6.07, 6.45) is 0. The molecule has 0 aliphatic heterocycles. The minimum absolute atomic E-state index is 0. The van der Waals surface area contributed by atoms with E-state index in [4.69, 9.17) is 15.4 Å². The first-order valence-corrected chi connectivity index (χ1v) is 6.82. The third kappa shape index (κ3) is 3.69. The van der Waals surface area contributed by atoms with E-state index in [9.17, 15) is 18.0 Å². The Kier molecular flexibility index (Phi) is 5.67. The molecule has 4 N–H and O–H groups in total. The molecule has 0 saturated carbocycles. The summed E-state index contributed by atoms with van der Waals surface area (Å²) >= 11 is 0. The number of hydrogen-bond acceptors (Lipinski definition) is 4. The summed E-state index contributed by atoms with van der Waals surface area (Å²) in [6, 6.07) is 6.07. The van der Waals surface area contributed by atoms with E-state index in [0.29, 0.717) is 0 Å². The van der Waals surface area contributed by atoms with E-state index >= 15 is 0 Å². The molecule has 0 fully saturated rings. The van der Waals surface area contributed by atoms with Crippen molar-refractivity contribution in [2.45, 2.75) is 4.90 Å². The molecule has 106 valence electrons. The standard InChI is InChI=1S/C12H9NO6S.K.H/c13-20(18,19)10-8-3-2-7(11(14)15)5-6(8)1-4-9(10)12(16)17;;/h1-5H,(H,14,15)(H,16,17)(H2,13,18,19);;/q;+1;-1. The molecule has 0 aliphatic carbocycles. The van der Waals surface area contributed by atoms with E-state index in [-0.39, 0.29) is 69.1 Å². The minimum atomic E-state index is -4.27. The van der Waals surface area contributed by atoms with Crippen LogP contribution in [0.2, 0.25) is 0 Å². The van der Waals surface area contributed by atoms with Crippen molar-refractivity contribution >= 4 is 32.7 Å². The van der Waals surface area contributed by atoms with Gasteiger partial charge in [0, 0.05) is 5.39 Å². The van der Waals surface area contributed by atoms with E-state index in [0.717, 1.165) is 6.07 Å². The normalized spacial score (nSPS) is 10.9. The van der Waals surface area contributed by atoms with Crippen LogP contribution in [-0.2, 0) is 10.0 Å². The van der Waals surface area contributed by atoms with Crippen molar-refractivity contribution in [2.24, 2.45) is 5.14 Å². The fourth-order valence-electron chi connectivity index (χ4n) is 1.91. The van der Waals surface area contributed by atoms with Gasteiger partial charge in [0.05, 0.1) is 11.1 Å². The van der Waals surface area contributed by atoms with Gasteiger partial charge in [-0.25, -0.2) is 23.1 Å². The van der Waals surface area contributed by atoms with Crippen molar-refractivity contribution in [3.05, 3.63) is 41.5 Å². The predicted octanol–water partition coefficient (Wildman–Crippen LogP) is -2.00. The zero-order valence-corrected chi connectivity index (χ0v) is 14.8. The average molecular weight is 335 g/mol. The molecule has 0 atom stereocenters. The SMILES string of the molecule is NS(=O)(=O)c1c(C(=O)O)ccc2cc(C(=O)O)ccc12.[H-].[K+]. The summed E-state index contributed by atoms with van der Waals surface area (Å²) in [7, 11) is -4.27. The molecule has 2 aromatic rings. The molecule has 0 heterocycles. The Labute approximate surface area is 163 Å². The number of sulfonamides is 1. The van der Waals surface area contributed by atoms with E-state index < -0.39 is 32.4 Å². The Morgan fingerprint density at radius 1 is 1.05 bits per heavy atom. The summed E-state index contributed by atoms with van der Waals surface area (Å²) in [4.78, 5) is 21.4. The van der Waals surface area contributed by atoms with Crippen LogP contribution >= 0.6 is 0 Å². The number of hydrogen-bond donors (Lipinski definition) is 3. The van der Waals surface area contributed by atoms with Gasteiger partial charge in [0.1, 0.15) is 4.90 Å². The van der Waals surface area contributed by atoms with Crippen molar-refractivity contribution in [1.29, 1.82) is 0 Å². The molecular formula is C12H10KNO6S. The van der Waals surface area contributed by atoms with Crippen LogP contribution in [0.5, 0.6) is 0 Å². The Hall–Kier alpha value is -0.814. The minimum Gasteiger partial charge on any atom is -1.00 e. The van der Waals surface area contributed by atoms with Crippen LogP contribution in [-0.4, -0.2) is 30.6 Å². The molecule has 0 unspecified atom stereocenters. The number of primary sulfonamides is 1. The van der Waals surface area contributed by atoms with Crippen LogP contribution in [0.4, 0.5) is 0 Å². The molecule has 2 rings (SSSR count). The van der Waals surface area contributed by atoms with E-state index in [1.807, 2.05) is 0 Å². The first kappa shape index (κ1) is 18.2. The number of carbonyl (C=O) groups is 2. The van der Waals surface area contributed by atoms with Gasteiger partial charge in [-0.15, -0.1) is 0 Å². The predicted molar refractivity (Wildman–Crippen MR) is 70.4 cm³/mol. The van der Waals surface area contributed by atoms with Crippen LogP contribution in [0, 0.1) is 0 Å². The van der Waals surface area contributed by atoms with Gasteiger partial charge in [-0.2, -0.15) is 0 Å². The first-order valence-electron chi connectivity index (χ1n) is 5.28. The Morgan fingerprint density at radius 3 is 2.14 bits per heavy atom. The molecule has 9 heteroatoms. The molecule has 0 aromatic heterocycles. The van der Waals surface area contributed by atoms with Gasteiger partial charge in [-0.3, -0.25) is 0 Å². The van der Waals surface area contributed by atoms with Gasteiger partial charge >= 0.3 is 63.3 Å². The summed E-state index contributed by atoms with van der Waals surface area (Å²) in [5.74, 6) is -2.61. The Bertz CT molecular complexity index is 852. The molecular weight excluding hydrogens is 325 g/mol. The summed E-state index contributed by atoms with van der Waals surface area (Å²) in [5.41, 5.74) is -0.496. The van der Waals surface area contributed by atoms with Gasteiger partial charge in [0.25, 0.3) is 0 Å². The van der Waals surface area contributed by atoms with Crippen molar-refractivity contribution in [3.63, 3.8) is 0 Å². The van der Waals surface area contributed by atoms with Crippen LogP contribution in [0.1, 0.15) is 22.1 Å². The summed E-state index contributed by atoms with van der Waals surface area (Å²) in [5, 5.41) is 23.3. The molecule has 7 nitrogen and oxygen atoms in total. The van der Waals surface area contributed by atoms with E-state index in [2.05, 4.69) is 0 Å². The topological polar surface area (TPSA) is 135 Å². The molecule has 0 spiro atoms. The second kappa shape index (κ2) is 6.52. The number of rotatable bonds is 3. The number of fused-ring (bicyclic) bond motifs is 1. The number of aromatic carboxylic acids is 2. The van der Waals surface area contributed by atoms with Gasteiger partial charge in [0.15, 0.2) is 0 Å². The molecule has 0 amide bonds. The molecule has 0 saturated heterocycles. The first-order chi connectivity index (χ1) is 9.21. The zero-order valence-electron chi connectivity index (χ0n) is 11.9. The van der Waals surface area contributed by atoms with Gasteiger partial charge < -0.3 is 11.6 Å². The molecule has 0 radical (unpaired) electrons. The van der Waals surface area contributed by atoms with Crippen molar-refractivity contribution in [2.75, 3.05) is 0 Å². The zero-order chi connectivity index (χ0) is 15.1.